The quantitative estimate of drug-likeness (QED) is 0.263. The van der Waals surface area contributed by atoms with E-state index in [9.17, 15) is 4.39 Å². The molecule has 1 aliphatic rings. The van der Waals surface area contributed by atoms with Gasteiger partial charge in [-0.2, -0.15) is 0 Å². The molecule has 5 rings (SSSR count). The molecule has 0 spiro atoms. The number of hydrogen-bond donors (Lipinski definition) is 1. The van der Waals surface area contributed by atoms with Crippen LogP contribution in [0.5, 0.6) is 11.5 Å². The van der Waals surface area contributed by atoms with Gasteiger partial charge in [0.25, 0.3) is 0 Å². The van der Waals surface area contributed by atoms with Crippen molar-refractivity contribution in [3.05, 3.63) is 102 Å². The summed E-state index contributed by atoms with van der Waals surface area (Å²) in [6.07, 6.45) is 0.738. The van der Waals surface area contributed by atoms with Gasteiger partial charge in [0.2, 0.25) is 0 Å². The van der Waals surface area contributed by atoms with Crippen LogP contribution in [-0.4, -0.2) is 45.5 Å². The van der Waals surface area contributed by atoms with Crippen molar-refractivity contribution < 1.29 is 18.6 Å². The molecular formula is C31H33FN2O3. The summed E-state index contributed by atoms with van der Waals surface area (Å²) in [6.45, 7) is 4.69. The Balaban J connectivity index is 1.08. The van der Waals surface area contributed by atoms with E-state index < -0.39 is 0 Å². The Morgan fingerprint density at radius 2 is 1.59 bits per heavy atom. The van der Waals surface area contributed by atoms with E-state index in [4.69, 9.17) is 14.2 Å². The number of fused-ring (bicyclic) bond motifs is 1. The molecule has 1 fully saturated rings. The summed E-state index contributed by atoms with van der Waals surface area (Å²) >= 11 is 0. The molecular weight excluding hydrogens is 467 g/mol. The third-order valence-corrected chi connectivity index (χ3v) is 6.60. The number of benzene rings is 4. The van der Waals surface area contributed by atoms with E-state index in [-0.39, 0.29) is 18.5 Å². The summed E-state index contributed by atoms with van der Waals surface area (Å²) in [5, 5.41) is 5.89. The van der Waals surface area contributed by atoms with E-state index in [0.29, 0.717) is 25.4 Å². The molecule has 5 nitrogen and oxygen atoms in total. The second kappa shape index (κ2) is 12.6. The smallest absolute Gasteiger partial charge is 0.128 e. The molecule has 0 unspecified atom stereocenters. The molecule has 1 aliphatic heterocycles. The van der Waals surface area contributed by atoms with Crippen LogP contribution in [0.2, 0.25) is 0 Å². The van der Waals surface area contributed by atoms with Gasteiger partial charge in [-0.05, 0) is 53.2 Å². The fourth-order valence-electron chi connectivity index (χ4n) is 4.58. The molecule has 0 bridgehead atoms. The fraction of sp³-hybridized carbons (Fsp3) is 0.290. The van der Waals surface area contributed by atoms with Crippen molar-refractivity contribution in [2.24, 2.45) is 0 Å². The molecule has 1 saturated heterocycles. The van der Waals surface area contributed by atoms with Crippen molar-refractivity contribution in [3.8, 4) is 11.5 Å². The van der Waals surface area contributed by atoms with Crippen molar-refractivity contribution in [2.45, 2.75) is 19.1 Å². The minimum absolute atomic E-state index is 0.231. The van der Waals surface area contributed by atoms with Crippen LogP contribution in [-0.2, 0) is 11.3 Å². The zero-order chi connectivity index (χ0) is 25.3. The van der Waals surface area contributed by atoms with Crippen molar-refractivity contribution in [3.63, 3.8) is 0 Å². The maximum Gasteiger partial charge on any atom is 0.128 e. The highest BCUT2D eigenvalue weighted by Crippen LogP contribution is 2.24. The average molecular weight is 501 g/mol. The number of nitrogens with one attached hydrogen (secondary N) is 1. The molecule has 1 N–H and O–H groups in total. The Morgan fingerprint density at radius 3 is 2.46 bits per heavy atom. The topological polar surface area (TPSA) is 43.0 Å². The van der Waals surface area contributed by atoms with Gasteiger partial charge in [-0.15, -0.1) is 0 Å². The number of nitrogens with zero attached hydrogens (tertiary/aromatic N) is 1. The van der Waals surface area contributed by atoms with Crippen LogP contribution in [0.4, 0.5) is 10.1 Å². The summed E-state index contributed by atoms with van der Waals surface area (Å²) in [4.78, 5) is 2.40. The molecule has 4 aromatic rings. The molecule has 1 heterocycles. The molecule has 0 aromatic heterocycles. The molecule has 0 saturated carbocycles. The number of piperazine rings is 1. The largest absolute Gasteiger partial charge is 0.494 e. The lowest BCUT2D eigenvalue weighted by Gasteiger charge is -2.37. The molecule has 4 aromatic carbocycles. The summed E-state index contributed by atoms with van der Waals surface area (Å²) in [7, 11) is 0. The van der Waals surface area contributed by atoms with Crippen LogP contribution >= 0.6 is 0 Å². The Hall–Kier alpha value is -3.61. The highest BCUT2D eigenvalue weighted by molar-refractivity contribution is 5.83. The highest BCUT2D eigenvalue weighted by Gasteiger charge is 2.23. The number of hydrogen-bond acceptors (Lipinski definition) is 5. The van der Waals surface area contributed by atoms with Crippen molar-refractivity contribution in [1.82, 2.24) is 5.32 Å². The van der Waals surface area contributed by atoms with Gasteiger partial charge in [0.15, 0.2) is 0 Å². The fourth-order valence-corrected chi connectivity index (χ4v) is 4.58. The van der Waals surface area contributed by atoms with Crippen LogP contribution in [0.3, 0.4) is 0 Å². The van der Waals surface area contributed by atoms with Gasteiger partial charge in [-0.1, -0.05) is 48.5 Å². The molecule has 0 radical (unpaired) electrons. The average Bonchev–Trinajstić information content (AvgIpc) is 2.95. The Labute approximate surface area is 217 Å². The predicted octanol–water partition coefficient (Wildman–Crippen LogP) is 5.82. The maximum absolute atomic E-state index is 13.6. The molecule has 0 amide bonds. The summed E-state index contributed by atoms with van der Waals surface area (Å²) < 4.78 is 31.3. The van der Waals surface area contributed by atoms with Crippen LogP contribution in [0, 0.1) is 5.82 Å². The first-order chi connectivity index (χ1) is 18.3. The Kier molecular flexibility index (Phi) is 8.51. The van der Waals surface area contributed by atoms with E-state index in [2.05, 4.69) is 52.7 Å². The second-order valence-corrected chi connectivity index (χ2v) is 9.21. The van der Waals surface area contributed by atoms with Crippen LogP contribution in [0.15, 0.2) is 91.0 Å². The minimum atomic E-state index is -0.231. The van der Waals surface area contributed by atoms with Gasteiger partial charge in [0.1, 0.15) is 23.9 Å². The van der Waals surface area contributed by atoms with E-state index in [1.807, 2.05) is 30.3 Å². The van der Waals surface area contributed by atoms with E-state index >= 15 is 0 Å². The Morgan fingerprint density at radius 1 is 0.811 bits per heavy atom. The van der Waals surface area contributed by atoms with Gasteiger partial charge in [-0.25, -0.2) is 4.39 Å². The van der Waals surface area contributed by atoms with E-state index in [1.165, 1.54) is 16.8 Å². The van der Waals surface area contributed by atoms with Gasteiger partial charge in [0.05, 0.1) is 25.9 Å². The van der Waals surface area contributed by atoms with Crippen LogP contribution < -0.4 is 19.7 Å². The number of halogens is 1. The first-order valence-electron chi connectivity index (χ1n) is 12.9. The summed E-state index contributed by atoms with van der Waals surface area (Å²) in [5.41, 5.74) is 1.74. The van der Waals surface area contributed by atoms with Crippen LogP contribution in [0.25, 0.3) is 10.8 Å². The number of anilines is 1. The van der Waals surface area contributed by atoms with Crippen molar-refractivity contribution >= 4 is 16.5 Å². The van der Waals surface area contributed by atoms with E-state index in [1.54, 1.807) is 12.1 Å². The normalized spacial score (nSPS) is 15.6. The van der Waals surface area contributed by atoms with E-state index in [0.717, 1.165) is 43.2 Å². The van der Waals surface area contributed by atoms with Gasteiger partial charge in [-0.3, -0.25) is 0 Å². The molecule has 192 valence electrons. The Bertz CT molecular complexity index is 1280. The zero-order valence-electron chi connectivity index (χ0n) is 20.9. The lowest BCUT2D eigenvalue weighted by Crippen LogP contribution is -2.54. The number of rotatable bonds is 11. The maximum atomic E-state index is 13.6. The summed E-state index contributed by atoms with van der Waals surface area (Å²) in [5.74, 6) is 1.49. The summed E-state index contributed by atoms with van der Waals surface area (Å²) in [6, 6.07) is 29.7. The standard InChI is InChI=1S/C31H33FN2O3/c32-31-9-4-3-8-26(31)22-35-18-5-19-36-29-14-11-27(12-15-29)34-17-16-33-21-28(34)23-37-30-13-10-24-6-1-2-7-25(24)20-30/h1-4,6-15,20,28,33H,5,16-19,21-23H2/t28-/m1/s1. The molecule has 0 aliphatic carbocycles. The highest BCUT2D eigenvalue weighted by atomic mass is 19.1. The monoisotopic (exact) mass is 500 g/mol. The second-order valence-electron chi connectivity index (χ2n) is 9.21. The molecule has 6 heteroatoms. The zero-order valence-corrected chi connectivity index (χ0v) is 20.9. The minimum Gasteiger partial charge on any atom is -0.494 e. The van der Waals surface area contributed by atoms with Gasteiger partial charge in [0, 0.05) is 37.3 Å². The molecule has 37 heavy (non-hydrogen) atoms. The first-order valence-corrected chi connectivity index (χ1v) is 12.9. The van der Waals surface area contributed by atoms with Gasteiger partial charge >= 0.3 is 0 Å². The lowest BCUT2D eigenvalue weighted by molar-refractivity contribution is 0.105. The number of ether oxygens (including phenoxy) is 3. The lowest BCUT2D eigenvalue weighted by atomic mass is 10.1. The third-order valence-electron chi connectivity index (χ3n) is 6.60. The van der Waals surface area contributed by atoms with Gasteiger partial charge < -0.3 is 24.4 Å². The predicted molar refractivity (Wildman–Crippen MR) is 146 cm³/mol. The van der Waals surface area contributed by atoms with Crippen LogP contribution in [0.1, 0.15) is 12.0 Å². The van der Waals surface area contributed by atoms with Crippen molar-refractivity contribution in [2.75, 3.05) is 44.4 Å². The molecule has 1 atom stereocenters. The SMILES string of the molecule is Fc1ccccc1COCCCOc1ccc(N2CCNC[C@@H]2COc2ccc3ccccc3c2)cc1. The first kappa shape index (κ1) is 25.1. The van der Waals surface area contributed by atoms with Crippen molar-refractivity contribution in [1.29, 1.82) is 0 Å². The third kappa shape index (κ3) is 6.79.